The zero-order chi connectivity index (χ0) is 21.9. The van der Waals surface area contributed by atoms with Gasteiger partial charge in [-0.15, -0.1) is 11.3 Å². The molecule has 0 spiro atoms. The average Bonchev–Trinajstić information content (AvgIpc) is 3.32. The number of anilines is 1. The summed E-state index contributed by atoms with van der Waals surface area (Å²) in [7, 11) is 1.66. The smallest absolute Gasteiger partial charge is 0.203 e. The molecule has 1 aliphatic rings. The second-order valence-corrected chi connectivity index (χ2v) is 8.52. The Kier molecular flexibility index (Phi) is 5.60. The number of fused-ring (bicyclic) bond motifs is 1. The summed E-state index contributed by atoms with van der Waals surface area (Å²) >= 11 is 1.53. The van der Waals surface area contributed by atoms with Crippen LogP contribution in [0.3, 0.4) is 0 Å². The molecule has 32 heavy (non-hydrogen) atoms. The van der Waals surface area contributed by atoms with Crippen molar-refractivity contribution in [3.05, 3.63) is 94.9 Å². The lowest BCUT2D eigenvalue weighted by Crippen LogP contribution is -2.22. The maximum atomic E-state index is 6.30. The Hall–Kier alpha value is -3.64. The van der Waals surface area contributed by atoms with Crippen LogP contribution in [0.5, 0.6) is 11.5 Å². The molecule has 5 nitrogen and oxygen atoms in total. The average molecular weight is 442 g/mol. The highest BCUT2D eigenvalue weighted by Crippen LogP contribution is 2.36. The predicted molar refractivity (Wildman–Crippen MR) is 130 cm³/mol. The molecule has 3 aromatic carbocycles. The molecule has 1 aromatic heterocycles. The number of rotatable bonds is 5. The van der Waals surface area contributed by atoms with Crippen molar-refractivity contribution in [2.75, 3.05) is 12.5 Å². The maximum absolute atomic E-state index is 6.30. The van der Waals surface area contributed by atoms with Gasteiger partial charge in [0.15, 0.2) is 0 Å². The Morgan fingerprint density at radius 3 is 2.66 bits per heavy atom. The number of hydrogen-bond acceptors (Lipinski definition) is 6. The fourth-order valence-corrected chi connectivity index (χ4v) is 4.41. The van der Waals surface area contributed by atoms with E-state index in [-0.39, 0.29) is 6.10 Å². The van der Waals surface area contributed by atoms with E-state index in [2.05, 4.69) is 36.6 Å². The molecular weight excluding hydrogens is 418 g/mol. The molecule has 160 valence electrons. The van der Waals surface area contributed by atoms with Gasteiger partial charge in [-0.1, -0.05) is 42.0 Å². The van der Waals surface area contributed by atoms with Gasteiger partial charge >= 0.3 is 0 Å². The number of nitrogens with zero attached hydrogens (tertiary/aromatic N) is 2. The van der Waals surface area contributed by atoms with Gasteiger partial charge in [-0.05, 0) is 48.9 Å². The molecular formula is C26H23N3O2S. The number of benzene rings is 3. The highest BCUT2D eigenvalue weighted by atomic mass is 32.1. The molecule has 0 saturated carbocycles. The first kappa shape index (κ1) is 20.3. The fraction of sp³-hybridized carbons (Fsp3) is 0.154. The molecule has 1 aliphatic heterocycles. The Labute approximate surface area is 191 Å². The summed E-state index contributed by atoms with van der Waals surface area (Å²) in [4.78, 5) is 4.70. The van der Waals surface area contributed by atoms with Crippen molar-refractivity contribution < 1.29 is 9.47 Å². The van der Waals surface area contributed by atoms with Gasteiger partial charge in [0.2, 0.25) is 5.13 Å². The number of aromatic nitrogens is 1. The van der Waals surface area contributed by atoms with E-state index in [0.717, 1.165) is 44.7 Å². The van der Waals surface area contributed by atoms with Crippen molar-refractivity contribution in [2.45, 2.75) is 19.4 Å². The third-order valence-corrected chi connectivity index (χ3v) is 6.19. The third kappa shape index (κ3) is 4.22. The van der Waals surface area contributed by atoms with Crippen LogP contribution in [0.25, 0.3) is 11.3 Å². The highest BCUT2D eigenvalue weighted by molar-refractivity contribution is 7.14. The lowest BCUT2D eigenvalue weighted by molar-refractivity contribution is 0.206. The molecule has 0 saturated heterocycles. The van der Waals surface area contributed by atoms with Gasteiger partial charge in [-0.25, -0.2) is 4.98 Å². The number of hydrazone groups is 1. The first-order valence-corrected chi connectivity index (χ1v) is 11.3. The van der Waals surface area contributed by atoms with Crippen LogP contribution in [0, 0.1) is 6.92 Å². The molecule has 0 fully saturated rings. The zero-order valence-corrected chi connectivity index (χ0v) is 18.7. The van der Waals surface area contributed by atoms with Gasteiger partial charge in [-0.2, -0.15) is 5.10 Å². The molecule has 1 unspecified atom stereocenters. The minimum absolute atomic E-state index is 0.0712. The van der Waals surface area contributed by atoms with Gasteiger partial charge < -0.3 is 9.47 Å². The topological polar surface area (TPSA) is 55.7 Å². The molecule has 0 bridgehead atoms. The van der Waals surface area contributed by atoms with Crippen LogP contribution >= 0.6 is 11.3 Å². The van der Waals surface area contributed by atoms with Crippen molar-refractivity contribution in [2.24, 2.45) is 5.10 Å². The molecule has 0 aliphatic carbocycles. The SMILES string of the molecule is COc1ccc(-c2csc(N/N=C3\CC(c4ccccc4)Oc4ccc(C)cc43)n2)cc1. The molecule has 6 heteroatoms. The van der Waals surface area contributed by atoms with Gasteiger partial charge in [-0.3, -0.25) is 5.43 Å². The summed E-state index contributed by atoms with van der Waals surface area (Å²) in [5, 5.41) is 7.54. The first-order chi connectivity index (χ1) is 15.7. The van der Waals surface area contributed by atoms with Crippen molar-refractivity contribution in [1.29, 1.82) is 0 Å². The van der Waals surface area contributed by atoms with E-state index >= 15 is 0 Å². The fourth-order valence-electron chi connectivity index (χ4n) is 3.75. The molecule has 1 N–H and O–H groups in total. The minimum Gasteiger partial charge on any atom is -0.497 e. The van der Waals surface area contributed by atoms with Gasteiger partial charge in [0.05, 0.1) is 18.5 Å². The number of methoxy groups -OCH3 is 1. The monoisotopic (exact) mass is 441 g/mol. The summed E-state index contributed by atoms with van der Waals surface area (Å²) in [6, 6.07) is 24.4. The van der Waals surface area contributed by atoms with Crippen molar-refractivity contribution in [1.82, 2.24) is 4.98 Å². The number of hydrogen-bond donors (Lipinski definition) is 1. The van der Waals surface area contributed by atoms with E-state index < -0.39 is 0 Å². The van der Waals surface area contributed by atoms with E-state index in [9.17, 15) is 0 Å². The lowest BCUT2D eigenvalue weighted by Gasteiger charge is -2.27. The number of nitrogens with one attached hydrogen (secondary N) is 1. The summed E-state index contributed by atoms with van der Waals surface area (Å²) in [5.41, 5.74) is 9.43. The number of ether oxygens (including phenoxy) is 2. The van der Waals surface area contributed by atoms with E-state index in [1.54, 1.807) is 7.11 Å². The Bertz CT molecular complexity index is 1250. The normalized spacial score (nSPS) is 16.3. The second-order valence-electron chi connectivity index (χ2n) is 7.66. The number of thiazole rings is 1. The summed E-state index contributed by atoms with van der Waals surface area (Å²) < 4.78 is 11.5. The first-order valence-electron chi connectivity index (χ1n) is 10.4. The standard InChI is InChI=1S/C26H23N3O2S/c1-17-8-13-24-21(14-17)22(15-25(31-24)19-6-4-3-5-7-19)28-29-26-27-23(16-32-26)18-9-11-20(30-2)12-10-18/h3-14,16,25H,15H2,1-2H3,(H,27,29)/b28-22+. The highest BCUT2D eigenvalue weighted by Gasteiger charge is 2.26. The van der Waals surface area contributed by atoms with E-state index in [1.807, 2.05) is 53.9 Å². The van der Waals surface area contributed by atoms with E-state index in [4.69, 9.17) is 19.6 Å². The molecule has 4 aromatic rings. The summed E-state index contributed by atoms with van der Waals surface area (Å²) in [6.07, 6.45) is 0.614. The maximum Gasteiger partial charge on any atom is 0.203 e. The lowest BCUT2D eigenvalue weighted by atomic mass is 9.94. The van der Waals surface area contributed by atoms with Gasteiger partial charge in [0.25, 0.3) is 0 Å². The molecule has 0 amide bonds. The van der Waals surface area contributed by atoms with Crippen LogP contribution in [-0.4, -0.2) is 17.8 Å². The Morgan fingerprint density at radius 2 is 1.88 bits per heavy atom. The quantitative estimate of drug-likeness (QED) is 0.361. The Balaban J connectivity index is 1.41. The van der Waals surface area contributed by atoms with Crippen molar-refractivity contribution >= 4 is 22.2 Å². The minimum atomic E-state index is -0.0712. The van der Waals surface area contributed by atoms with Gasteiger partial charge in [0, 0.05) is 22.9 Å². The van der Waals surface area contributed by atoms with Gasteiger partial charge in [0.1, 0.15) is 17.6 Å². The van der Waals surface area contributed by atoms with Crippen LogP contribution in [0.2, 0.25) is 0 Å². The summed E-state index contributed by atoms with van der Waals surface area (Å²) in [5.74, 6) is 1.68. The van der Waals surface area contributed by atoms with Crippen molar-refractivity contribution in [3.63, 3.8) is 0 Å². The van der Waals surface area contributed by atoms with E-state index in [0.29, 0.717) is 6.42 Å². The van der Waals surface area contributed by atoms with Crippen LogP contribution in [0.15, 0.2) is 83.3 Å². The van der Waals surface area contributed by atoms with Crippen LogP contribution in [0.4, 0.5) is 5.13 Å². The molecule has 1 atom stereocenters. The van der Waals surface area contributed by atoms with Crippen LogP contribution < -0.4 is 14.9 Å². The number of aryl methyl sites for hydroxylation is 1. The summed E-state index contributed by atoms with van der Waals surface area (Å²) in [6.45, 7) is 2.08. The van der Waals surface area contributed by atoms with E-state index in [1.165, 1.54) is 16.9 Å². The van der Waals surface area contributed by atoms with Crippen molar-refractivity contribution in [3.8, 4) is 22.8 Å². The molecule has 5 rings (SSSR count). The second kappa shape index (κ2) is 8.85. The largest absolute Gasteiger partial charge is 0.497 e. The Morgan fingerprint density at radius 1 is 1.06 bits per heavy atom. The molecule has 0 radical (unpaired) electrons. The third-order valence-electron chi connectivity index (χ3n) is 5.44. The molecule has 2 heterocycles. The van der Waals surface area contributed by atoms with Crippen LogP contribution in [0.1, 0.15) is 29.2 Å². The van der Waals surface area contributed by atoms with Crippen LogP contribution in [-0.2, 0) is 0 Å². The predicted octanol–water partition coefficient (Wildman–Crippen LogP) is 6.47. The zero-order valence-electron chi connectivity index (χ0n) is 17.9.